The van der Waals surface area contributed by atoms with Crippen molar-refractivity contribution < 1.29 is 0 Å². The van der Waals surface area contributed by atoms with Crippen molar-refractivity contribution in [2.24, 2.45) is 16.8 Å². The van der Waals surface area contributed by atoms with Gasteiger partial charge in [-0.1, -0.05) is 13.0 Å². The summed E-state index contributed by atoms with van der Waals surface area (Å²) < 4.78 is 0. The van der Waals surface area contributed by atoms with Gasteiger partial charge in [0.2, 0.25) is 0 Å². The van der Waals surface area contributed by atoms with Crippen LogP contribution in [0, 0.1) is 11.8 Å². The first-order chi connectivity index (χ1) is 9.31. The first-order valence-corrected chi connectivity index (χ1v) is 6.92. The van der Waals surface area contributed by atoms with Crippen LogP contribution in [0.2, 0.25) is 0 Å². The molecule has 2 atom stereocenters. The lowest BCUT2D eigenvalue weighted by molar-refractivity contribution is 0.918. The third kappa shape index (κ3) is 1.88. The van der Waals surface area contributed by atoms with Crippen molar-refractivity contribution in [2.75, 3.05) is 0 Å². The maximum absolute atomic E-state index is 4.80. The van der Waals surface area contributed by atoms with E-state index < -0.39 is 0 Å². The van der Waals surface area contributed by atoms with Crippen molar-refractivity contribution in [1.82, 2.24) is 4.98 Å². The molecule has 1 aromatic carbocycles. The van der Waals surface area contributed by atoms with E-state index >= 15 is 0 Å². The summed E-state index contributed by atoms with van der Waals surface area (Å²) in [4.78, 5) is 8.88. The fraction of sp³-hybridized carbons (Fsp3) is 0.294. The largest absolute Gasteiger partial charge is 0.265 e. The van der Waals surface area contributed by atoms with E-state index in [4.69, 9.17) is 4.99 Å². The van der Waals surface area contributed by atoms with Crippen molar-refractivity contribution in [2.45, 2.75) is 19.8 Å². The van der Waals surface area contributed by atoms with Gasteiger partial charge < -0.3 is 0 Å². The lowest BCUT2D eigenvalue weighted by Crippen LogP contribution is -2.01. The standard InChI is InChI=1S/C17H16N2/c1-11-8-15(11)17-10-14-9-13(2-3-16(14)19-17)12-4-6-18-7-5-12/h2-7,9,11,15H,8,10H2,1H3. The Morgan fingerprint density at radius 1 is 1.05 bits per heavy atom. The van der Waals surface area contributed by atoms with Crippen LogP contribution in [0.1, 0.15) is 18.9 Å². The van der Waals surface area contributed by atoms with Crippen LogP contribution in [0.4, 0.5) is 5.69 Å². The number of aliphatic imine (C=N–C) groups is 1. The van der Waals surface area contributed by atoms with E-state index in [1.54, 1.807) is 0 Å². The number of hydrogen-bond acceptors (Lipinski definition) is 2. The van der Waals surface area contributed by atoms with Gasteiger partial charge in [0.15, 0.2) is 0 Å². The van der Waals surface area contributed by atoms with Gasteiger partial charge in [0, 0.05) is 30.4 Å². The van der Waals surface area contributed by atoms with Crippen molar-refractivity contribution in [1.29, 1.82) is 0 Å². The first kappa shape index (κ1) is 10.9. The molecule has 94 valence electrons. The first-order valence-electron chi connectivity index (χ1n) is 6.92. The molecule has 1 saturated carbocycles. The molecule has 0 saturated heterocycles. The zero-order chi connectivity index (χ0) is 12.8. The maximum Gasteiger partial charge on any atom is 0.0665 e. The molecule has 0 amide bonds. The number of nitrogens with zero attached hydrogens (tertiary/aromatic N) is 2. The Bertz CT molecular complexity index is 658. The van der Waals surface area contributed by atoms with E-state index in [1.165, 1.54) is 34.5 Å². The smallest absolute Gasteiger partial charge is 0.0665 e. The highest BCUT2D eigenvalue weighted by Crippen LogP contribution is 2.44. The number of rotatable bonds is 2. The molecule has 0 bridgehead atoms. The molecule has 0 spiro atoms. The van der Waals surface area contributed by atoms with E-state index in [0.717, 1.165) is 18.3 Å². The highest BCUT2D eigenvalue weighted by atomic mass is 14.8. The molecule has 1 aliphatic heterocycles. The third-order valence-corrected chi connectivity index (χ3v) is 4.27. The third-order valence-electron chi connectivity index (χ3n) is 4.27. The molecular weight excluding hydrogens is 232 g/mol. The van der Waals surface area contributed by atoms with Crippen molar-refractivity contribution in [3.05, 3.63) is 48.3 Å². The Labute approximate surface area is 113 Å². The number of pyridine rings is 1. The van der Waals surface area contributed by atoms with Crippen LogP contribution in [0.25, 0.3) is 11.1 Å². The Morgan fingerprint density at radius 2 is 1.84 bits per heavy atom. The van der Waals surface area contributed by atoms with Crippen LogP contribution in [0.5, 0.6) is 0 Å². The zero-order valence-electron chi connectivity index (χ0n) is 11.0. The summed E-state index contributed by atoms with van der Waals surface area (Å²) in [7, 11) is 0. The molecule has 0 N–H and O–H groups in total. The molecule has 2 aromatic rings. The van der Waals surface area contributed by atoms with Crippen LogP contribution in [0.15, 0.2) is 47.7 Å². The van der Waals surface area contributed by atoms with Crippen LogP contribution in [-0.4, -0.2) is 10.7 Å². The van der Waals surface area contributed by atoms with E-state index in [-0.39, 0.29) is 0 Å². The molecule has 19 heavy (non-hydrogen) atoms. The Morgan fingerprint density at radius 3 is 2.58 bits per heavy atom. The zero-order valence-corrected chi connectivity index (χ0v) is 11.0. The second-order valence-corrected chi connectivity index (χ2v) is 5.68. The van der Waals surface area contributed by atoms with Gasteiger partial charge in [0.25, 0.3) is 0 Å². The Kier molecular flexibility index (Phi) is 2.31. The summed E-state index contributed by atoms with van der Waals surface area (Å²) in [6.45, 7) is 2.32. The topological polar surface area (TPSA) is 25.2 Å². The van der Waals surface area contributed by atoms with E-state index in [9.17, 15) is 0 Å². The quantitative estimate of drug-likeness (QED) is 0.787. The molecule has 2 unspecified atom stereocenters. The van der Waals surface area contributed by atoms with E-state index in [0.29, 0.717) is 0 Å². The highest BCUT2D eigenvalue weighted by Gasteiger charge is 2.38. The average molecular weight is 248 g/mol. The minimum atomic E-state index is 0.747. The lowest BCUT2D eigenvalue weighted by atomic mass is 10.0. The normalized spacial score (nSPS) is 23.9. The average Bonchev–Trinajstić information content (AvgIpc) is 3.03. The second kappa shape index (κ2) is 4.02. The molecule has 0 radical (unpaired) electrons. The molecular formula is C17H16N2. The fourth-order valence-electron chi connectivity index (χ4n) is 2.95. The summed E-state index contributed by atoms with van der Waals surface area (Å²) in [6.07, 6.45) is 6.06. The molecule has 1 aliphatic carbocycles. The van der Waals surface area contributed by atoms with E-state index in [2.05, 4.69) is 42.2 Å². The van der Waals surface area contributed by atoms with Crippen LogP contribution >= 0.6 is 0 Å². The molecule has 2 aliphatic rings. The molecule has 2 nitrogen and oxygen atoms in total. The molecule has 1 aromatic heterocycles. The van der Waals surface area contributed by atoms with Gasteiger partial charge >= 0.3 is 0 Å². The van der Waals surface area contributed by atoms with Gasteiger partial charge in [0.1, 0.15) is 0 Å². The SMILES string of the molecule is CC1CC1C1=Nc2ccc(-c3ccncc3)cc2C1. The summed E-state index contributed by atoms with van der Waals surface area (Å²) >= 11 is 0. The minimum absolute atomic E-state index is 0.747. The summed E-state index contributed by atoms with van der Waals surface area (Å²) in [6, 6.07) is 10.7. The number of hydrogen-bond donors (Lipinski definition) is 0. The minimum Gasteiger partial charge on any atom is -0.265 e. The summed E-state index contributed by atoms with van der Waals surface area (Å²) in [5.74, 6) is 1.59. The molecule has 1 fully saturated rings. The predicted molar refractivity (Wildman–Crippen MR) is 77.7 cm³/mol. The maximum atomic E-state index is 4.80. The predicted octanol–water partition coefficient (Wildman–Crippen LogP) is 4.03. The van der Waals surface area contributed by atoms with Crippen LogP contribution in [-0.2, 0) is 6.42 Å². The van der Waals surface area contributed by atoms with Crippen LogP contribution in [0.3, 0.4) is 0 Å². The highest BCUT2D eigenvalue weighted by molar-refractivity contribution is 5.97. The number of aromatic nitrogens is 1. The second-order valence-electron chi connectivity index (χ2n) is 5.68. The lowest BCUT2D eigenvalue weighted by Gasteiger charge is -2.03. The summed E-state index contributed by atoms with van der Waals surface area (Å²) in [5.41, 5.74) is 6.44. The van der Waals surface area contributed by atoms with Crippen molar-refractivity contribution >= 4 is 11.4 Å². The molecule has 4 rings (SSSR count). The van der Waals surface area contributed by atoms with E-state index in [1.807, 2.05) is 12.4 Å². The van der Waals surface area contributed by atoms with Crippen molar-refractivity contribution in [3.8, 4) is 11.1 Å². The number of fused-ring (bicyclic) bond motifs is 1. The van der Waals surface area contributed by atoms with Gasteiger partial charge in [-0.15, -0.1) is 0 Å². The fourth-order valence-corrected chi connectivity index (χ4v) is 2.95. The van der Waals surface area contributed by atoms with Gasteiger partial charge in [-0.25, -0.2) is 0 Å². The van der Waals surface area contributed by atoms with Gasteiger partial charge in [-0.05, 0) is 53.3 Å². The number of benzene rings is 1. The Balaban J connectivity index is 1.66. The van der Waals surface area contributed by atoms with Gasteiger partial charge in [0.05, 0.1) is 5.69 Å². The van der Waals surface area contributed by atoms with Gasteiger partial charge in [-0.2, -0.15) is 0 Å². The molecule has 2 heterocycles. The van der Waals surface area contributed by atoms with Gasteiger partial charge in [-0.3, -0.25) is 9.98 Å². The monoisotopic (exact) mass is 248 g/mol. The van der Waals surface area contributed by atoms with Crippen LogP contribution < -0.4 is 0 Å². The van der Waals surface area contributed by atoms with Crippen molar-refractivity contribution in [3.63, 3.8) is 0 Å². The summed E-state index contributed by atoms with van der Waals surface area (Å²) in [5, 5.41) is 0. The molecule has 2 heteroatoms. The Hall–Kier alpha value is -1.96.